The van der Waals surface area contributed by atoms with E-state index in [1.165, 1.54) is 18.6 Å². The van der Waals surface area contributed by atoms with Crippen molar-refractivity contribution in [3.63, 3.8) is 0 Å². The summed E-state index contributed by atoms with van der Waals surface area (Å²) in [4.78, 5) is 2.25. The van der Waals surface area contributed by atoms with E-state index in [9.17, 15) is 8.78 Å². The fourth-order valence-electron chi connectivity index (χ4n) is 2.97. The molecule has 1 saturated heterocycles. The molecule has 2 N–H and O–H groups in total. The predicted octanol–water partition coefficient (Wildman–Crippen LogP) is 3.09. The summed E-state index contributed by atoms with van der Waals surface area (Å²) in [6.07, 6.45) is 2.29. The maximum absolute atomic E-state index is 13.9. The monoisotopic (exact) mass is 268 g/mol. The highest BCUT2D eigenvalue weighted by Gasteiger charge is 2.30. The molecule has 0 amide bonds. The Balaban J connectivity index is 2.27. The minimum Gasteiger partial charge on any atom is -0.329 e. The highest BCUT2D eigenvalue weighted by atomic mass is 19.1. The molecular formula is C15H22F2N2. The maximum atomic E-state index is 13.9. The molecule has 0 aliphatic carbocycles. The van der Waals surface area contributed by atoms with E-state index in [0.29, 0.717) is 24.1 Å². The summed E-state index contributed by atoms with van der Waals surface area (Å²) in [7, 11) is 0. The first kappa shape index (κ1) is 14.4. The van der Waals surface area contributed by atoms with Crippen LogP contribution in [0.2, 0.25) is 0 Å². The molecule has 106 valence electrons. The first-order valence-electron chi connectivity index (χ1n) is 6.93. The van der Waals surface area contributed by atoms with Gasteiger partial charge in [-0.15, -0.1) is 0 Å². The van der Waals surface area contributed by atoms with Gasteiger partial charge in [0.1, 0.15) is 11.6 Å². The summed E-state index contributed by atoms with van der Waals surface area (Å²) < 4.78 is 27.0. The van der Waals surface area contributed by atoms with E-state index in [2.05, 4.69) is 18.7 Å². The molecule has 4 heteroatoms. The molecule has 0 spiro atoms. The third-order valence-corrected chi connectivity index (χ3v) is 4.11. The van der Waals surface area contributed by atoms with Crippen molar-refractivity contribution in [2.75, 3.05) is 13.1 Å². The van der Waals surface area contributed by atoms with Crippen LogP contribution >= 0.6 is 0 Å². The van der Waals surface area contributed by atoms with Gasteiger partial charge in [0.25, 0.3) is 0 Å². The van der Waals surface area contributed by atoms with Crippen molar-refractivity contribution in [2.24, 2.45) is 11.7 Å². The van der Waals surface area contributed by atoms with E-state index >= 15 is 0 Å². The molecule has 19 heavy (non-hydrogen) atoms. The third-order valence-electron chi connectivity index (χ3n) is 4.11. The Morgan fingerprint density at radius 2 is 2.05 bits per heavy atom. The number of rotatable bonds is 3. The largest absolute Gasteiger partial charge is 0.329 e. The van der Waals surface area contributed by atoms with Crippen LogP contribution < -0.4 is 5.73 Å². The summed E-state index contributed by atoms with van der Waals surface area (Å²) in [6, 6.07) is 3.98. The van der Waals surface area contributed by atoms with Crippen molar-refractivity contribution in [2.45, 2.75) is 38.8 Å². The number of nitrogens with zero attached hydrogens (tertiary/aromatic N) is 1. The SMILES string of the molecule is CC1CCC(C)N(C(CN)c2ccc(F)cc2F)C1. The molecular weight excluding hydrogens is 246 g/mol. The molecule has 0 radical (unpaired) electrons. The molecule has 0 aromatic heterocycles. The van der Waals surface area contributed by atoms with Crippen molar-refractivity contribution in [1.29, 1.82) is 0 Å². The Morgan fingerprint density at radius 3 is 2.68 bits per heavy atom. The van der Waals surface area contributed by atoms with Crippen LogP contribution in [0.1, 0.15) is 38.3 Å². The lowest BCUT2D eigenvalue weighted by molar-refractivity contribution is 0.0781. The smallest absolute Gasteiger partial charge is 0.130 e. The zero-order chi connectivity index (χ0) is 14.0. The Bertz CT molecular complexity index is 436. The fourth-order valence-corrected chi connectivity index (χ4v) is 2.97. The Labute approximate surface area is 113 Å². The van der Waals surface area contributed by atoms with Crippen molar-refractivity contribution in [3.05, 3.63) is 35.4 Å². The van der Waals surface area contributed by atoms with E-state index < -0.39 is 11.6 Å². The second-order valence-electron chi connectivity index (χ2n) is 5.65. The van der Waals surface area contributed by atoms with Crippen LogP contribution in [-0.2, 0) is 0 Å². The Morgan fingerprint density at radius 1 is 1.32 bits per heavy atom. The second-order valence-corrected chi connectivity index (χ2v) is 5.65. The molecule has 0 bridgehead atoms. The van der Waals surface area contributed by atoms with Gasteiger partial charge in [0.2, 0.25) is 0 Å². The van der Waals surface area contributed by atoms with Crippen molar-refractivity contribution in [3.8, 4) is 0 Å². The lowest BCUT2D eigenvalue weighted by Gasteiger charge is -2.42. The Hall–Kier alpha value is -1.00. The molecule has 1 aliphatic rings. The summed E-state index contributed by atoms with van der Waals surface area (Å²) in [6.45, 7) is 5.61. The molecule has 1 aromatic rings. The number of hydrogen-bond donors (Lipinski definition) is 1. The van der Waals surface area contributed by atoms with Crippen LogP contribution in [0, 0.1) is 17.6 Å². The average molecular weight is 268 g/mol. The van der Waals surface area contributed by atoms with Gasteiger partial charge in [-0.3, -0.25) is 4.90 Å². The standard InChI is InChI=1S/C15H22F2N2/c1-10-3-4-11(2)19(9-10)15(8-18)13-6-5-12(16)7-14(13)17/h5-7,10-11,15H,3-4,8-9,18H2,1-2H3. The molecule has 1 fully saturated rings. The first-order chi connectivity index (χ1) is 9.02. The number of hydrogen-bond acceptors (Lipinski definition) is 2. The van der Waals surface area contributed by atoms with E-state index in [0.717, 1.165) is 19.0 Å². The van der Waals surface area contributed by atoms with E-state index in [1.807, 2.05) is 0 Å². The summed E-state index contributed by atoms with van der Waals surface area (Å²) in [5, 5.41) is 0. The molecule has 3 unspecified atom stereocenters. The molecule has 1 heterocycles. The fraction of sp³-hybridized carbons (Fsp3) is 0.600. The van der Waals surface area contributed by atoms with E-state index in [-0.39, 0.29) is 6.04 Å². The molecule has 1 aromatic carbocycles. The van der Waals surface area contributed by atoms with Gasteiger partial charge in [-0.25, -0.2) is 8.78 Å². The van der Waals surface area contributed by atoms with Crippen LogP contribution in [0.4, 0.5) is 8.78 Å². The molecule has 2 nitrogen and oxygen atoms in total. The molecule has 1 aliphatic heterocycles. The number of likely N-dealkylation sites (tertiary alicyclic amines) is 1. The van der Waals surface area contributed by atoms with Gasteiger partial charge in [-0.1, -0.05) is 13.0 Å². The van der Waals surface area contributed by atoms with Gasteiger partial charge >= 0.3 is 0 Å². The number of benzene rings is 1. The van der Waals surface area contributed by atoms with Crippen molar-refractivity contribution >= 4 is 0 Å². The predicted molar refractivity (Wildman–Crippen MR) is 72.7 cm³/mol. The lowest BCUT2D eigenvalue weighted by atomic mass is 9.91. The summed E-state index contributed by atoms with van der Waals surface area (Å²) in [5.74, 6) is -0.452. The zero-order valence-corrected chi connectivity index (χ0v) is 11.6. The van der Waals surface area contributed by atoms with Crippen LogP contribution in [0.5, 0.6) is 0 Å². The van der Waals surface area contributed by atoms with Gasteiger partial charge in [-0.2, -0.15) is 0 Å². The van der Waals surface area contributed by atoms with Crippen LogP contribution in [0.15, 0.2) is 18.2 Å². The van der Waals surface area contributed by atoms with Gasteiger partial charge in [-0.05, 0) is 31.7 Å². The number of nitrogens with two attached hydrogens (primary N) is 1. The highest BCUT2D eigenvalue weighted by Crippen LogP contribution is 2.31. The third kappa shape index (κ3) is 3.12. The van der Waals surface area contributed by atoms with E-state index in [1.54, 1.807) is 0 Å². The minimum atomic E-state index is -0.544. The minimum absolute atomic E-state index is 0.168. The maximum Gasteiger partial charge on any atom is 0.130 e. The van der Waals surface area contributed by atoms with Crippen LogP contribution in [-0.4, -0.2) is 24.0 Å². The van der Waals surface area contributed by atoms with Gasteiger partial charge in [0.15, 0.2) is 0 Å². The topological polar surface area (TPSA) is 29.3 Å². The number of halogens is 2. The van der Waals surface area contributed by atoms with Crippen LogP contribution in [0.25, 0.3) is 0 Å². The molecule has 0 saturated carbocycles. The second kappa shape index (κ2) is 5.97. The van der Waals surface area contributed by atoms with E-state index in [4.69, 9.17) is 5.73 Å². The van der Waals surface area contributed by atoms with Gasteiger partial charge in [0.05, 0.1) is 6.04 Å². The lowest BCUT2D eigenvalue weighted by Crippen LogP contribution is -2.45. The summed E-state index contributed by atoms with van der Waals surface area (Å²) >= 11 is 0. The summed E-state index contributed by atoms with van der Waals surface area (Å²) in [5.41, 5.74) is 6.35. The van der Waals surface area contributed by atoms with Crippen molar-refractivity contribution < 1.29 is 8.78 Å². The van der Waals surface area contributed by atoms with Crippen LogP contribution in [0.3, 0.4) is 0 Å². The highest BCUT2D eigenvalue weighted by molar-refractivity contribution is 5.23. The average Bonchev–Trinajstić information content (AvgIpc) is 2.36. The zero-order valence-electron chi connectivity index (χ0n) is 11.6. The number of piperidine rings is 1. The molecule has 2 rings (SSSR count). The van der Waals surface area contributed by atoms with Crippen molar-refractivity contribution in [1.82, 2.24) is 4.90 Å². The quantitative estimate of drug-likeness (QED) is 0.912. The first-order valence-corrected chi connectivity index (χ1v) is 6.93. The van der Waals surface area contributed by atoms with Gasteiger partial charge < -0.3 is 5.73 Å². The Kier molecular flexibility index (Phi) is 4.53. The van der Waals surface area contributed by atoms with Gasteiger partial charge in [0, 0.05) is 30.8 Å². The molecule has 3 atom stereocenters. The normalized spacial score (nSPS) is 26.4.